The van der Waals surface area contributed by atoms with Crippen molar-refractivity contribution in [2.45, 2.75) is 168 Å². The van der Waals surface area contributed by atoms with Gasteiger partial charge in [0.15, 0.2) is 0 Å². The first-order valence-corrected chi connectivity index (χ1v) is 16.3. The number of amides is 2. The van der Waals surface area contributed by atoms with E-state index in [-0.39, 0.29) is 48.3 Å². The van der Waals surface area contributed by atoms with E-state index in [1.165, 1.54) is 7.11 Å². The number of ether oxygens (including phenoxy) is 3. The van der Waals surface area contributed by atoms with Gasteiger partial charge in [0.05, 0.1) is 25.2 Å². The van der Waals surface area contributed by atoms with Crippen LogP contribution in [0.1, 0.15) is 132 Å². The molecule has 4 heterocycles. The molecule has 9 nitrogen and oxygen atoms in total. The molecule has 6 atom stereocenters. The predicted molar refractivity (Wildman–Crippen MR) is 162 cm³/mol. The number of aliphatic hydroxyl groups excluding tert-OH is 1. The van der Waals surface area contributed by atoms with E-state index in [2.05, 4.69) is 13.8 Å². The number of esters is 1. The molecule has 4 fully saturated rings. The first-order valence-electron chi connectivity index (χ1n) is 16.3. The van der Waals surface area contributed by atoms with E-state index in [0.29, 0.717) is 6.04 Å². The van der Waals surface area contributed by atoms with Crippen LogP contribution in [0.15, 0.2) is 0 Å². The topological polar surface area (TPSA) is 106 Å². The smallest absolute Gasteiger partial charge is 0.410 e. The van der Waals surface area contributed by atoms with Gasteiger partial charge >= 0.3 is 18.2 Å². The molecule has 0 aromatic rings. The Kier molecular flexibility index (Phi) is 10.9. The van der Waals surface area contributed by atoms with Crippen molar-refractivity contribution in [1.82, 2.24) is 9.80 Å². The molecule has 0 spiro atoms. The van der Waals surface area contributed by atoms with Gasteiger partial charge in [0, 0.05) is 23.5 Å². The summed E-state index contributed by atoms with van der Waals surface area (Å²) in [6.07, 6.45) is 10.8. The normalized spacial score (nSPS) is 32.1. The van der Waals surface area contributed by atoms with Crippen molar-refractivity contribution in [2.24, 2.45) is 10.8 Å². The SMILES string of the molecule is CCCC1(C(=O)OC)CCC2CCC1N2C(=O)OC(C)(C)C.CCCC1(CO)CCC2CCC1N2C(=O)OC(C)(C)C. The summed E-state index contributed by atoms with van der Waals surface area (Å²) in [7, 11) is 1.44. The Morgan fingerprint density at radius 1 is 0.738 bits per heavy atom. The van der Waals surface area contributed by atoms with Crippen LogP contribution < -0.4 is 0 Å². The summed E-state index contributed by atoms with van der Waals surface area (Å²) in [5.74, 6) is -0.173. The van der Waals surface area contributed by atoms with E-state index in [4.69, 9.17) is 14.2 Å². The Balaban J connectivity index is 0.000000231. The molecule has 0 aromatic heterocycles. The van der Waals surface area contributed by atoms with Gasteiger partial charge in [0.2, 0.25) is 0 Å². The van der Waals surface area contributed by atoms with E-state index in [0.717, 1.165) is 77.0 Å². The Hall–Kier alpha value is -2.03. The van der Waals surface area contributed by atoms with Crippen LogP contribution in [-0.4, -0.2) is 82.1 Å². The lowest BCUT2D eigenvalue weighted by molar-refractivity contribution is -0.161. The van der Waals surface area contributed by atoms with Crippen LogP contribution in [0.2, 0.25) is 0 Å². The molecule has 242 valence electrons. The lowest BCUT2D eigenvalue weighted by atomic mass is 9.70. The number of piperidine rings is 2. The highest BCUT2D eigenvalue weighted by Crippen LogP contribution is 2.51. The number of hydrogen-bond acceptors (Lipinski definition) is 7. The number of fused-ring (bicyclic) bond motifs is 4. The highest BCUT2D eigenvalue weighted by atomic mass is 16.6. The van der Waals surface area contributed by atoms with Gasteiger partial charge < -0.3 is 29.1 Å². The molecular weight excluding hydrogens is 536 g/mol. The van der Waals surface area contributed by atoms with E-state index in [9.17, 15) is 19.5 Å². The summed E-state index contributed by atoms with van der Waals surface area (Å²) in [6.45, 7) is 15.7. The fraction of sp³-hybridized carbons (Fsp3) is 0.909. The van der Waals surface area contributed by atoms with Gasteiger partial charge in [0.1, 0.15) is 11.2 Å². The first-order chi connectivity index (χ1) is 19.6. The lowest BCUT2D eigenvalue weighted by Crippen LogP contribution is -2.58. The van der Waals surface area contributed by atoms with Gasteiger partial charge in [-0.05, 0) is 106 Å². The van der Waals surface area contributed by atoms with Gasteiger partial charge in [-0.3, -0.25) is 4.79 Å². The lowest BCUT2D eigenvalue weighted by Gasteiger charge is -2.48. The summed E-state index contributed by atoms with van der Waals surface area (Å²) in [5, 5.41) is 9.95. The molecule has 4 saturated heterocycles. The zero-order chi connectivity index (χ0) is 31.5. The standard InChI is InChI=1S/C17H29NO4.C16H29NO3/c1-6-10-17(14(19)21-5)11-9-12-7-8-13(17)18(12)15(20)22-16(2,3)4;1-5-9-16(11-18)10-8-12-6-7-13(16)17(12)14(19)20-15(2,3)4/h12-13H,6-11H2,1-5H3;12-13,18H,5-11H2,1-4H3. The summed E-state index contributed by atoms with van der Waals surface area (Å²) in [6, 6.07) is 0.579. The number of carbonyl (C=O) groups excluding carboxylic acids is 3. The summed E-state index contributed by atoms with van der Waals surface area (Å²) in [4.78, 5) is 41.4. The van der Waals surface area contributed by atoms with Gasteiger partial charge in [-0.15, -0.1) is 0 Å². The molecule has 0 aliphatic carbocycles. The summed E-state index contributed by atoms with van der Waals surface area (Å²) < 4.78 is 16.3. The predicted octanol–water partition coefficient (Wildman–Crippen LogP) is 6.83. The van der Waals surface area contributed by atoms with Gasteiger partial charge in [-0.1, -0.05) is 26.7 Å². The zero-order valence-corrected chi connectivity index (χ0v) is 27.8. The second kappa shape index (κ2) is 13.3. The number of aliphatic hydroxyl groups is 1. The van der Waals surface area contributed by atoms with Crippen LogP contribution in [-0.2, 0) is 19.0 Å². The molecule has 0 saturated carbocycles. The van der Waals surface area contributed by atoms with E-state index in [1.54, 1.807) is 0 Å². The minimum atomic E-state index is -0.562. The molecule has 42 heavy (non-hydrogen) atoms. The highest BCUT2D eigenvalue weighted by molar-refractivity contribution is 5.80. The molecule has 0 radical (unpaired) electrons. The maximum absolute atomic E-state index is 12.6. The number of hydrogen-bond donors (Lipinski definition) is 1. The minimum absolute atomic E-state index is 0.0894. The molecule has 4 aliphatic rings. The van der Waals surface area contributed by atoms with Crippen molar-refractivity contribution in [3.05, 3.63) is 0 Å². The molecule has 1 N–H and O–H groups in total. The Bertz CT molecular complexity index is 957. The van der Waals surface area contributed by atoms with Crippen molar-refractivity contribution >= 4 is 18.2 Å². The van der Waals surface area contributed by atoms with Crippen LogP contribution in [0, 0.1) is 10.8 Å². The van der Waals surface area contributed by atoms with Gasteiger partial charge in [-0.2, -0.15) is 0 Å². The Morgan fingerprint density at radius 2 is 1.21 bits per heavy atom. The molecule has 4 rings (SSSR count). The molecule has 0 aromatic carbocycles. The molecule has 4 bridgehead atoms. The molecule has 2 amide bonds. The first kappa shape index (κ1) is 34.5. The van der Waals surface area contributed by atoms with Crippen LogP contribution in [0.4, 0.5) is 9.59 Å². The van der Waals surface area contributed by atoms with Gasteiger partial charge in [0.25, 0.3) is 0 Å². The quantitative estimate of drug-likeness (QED) is 0.265. The van der Waals surface area contributed by atoms with E-state index < -0.39 is 16.6 Å². The van der Waals surface area contributed by atoms with Crippen molar-refractivity contribution in [2.75, 3.05) is 13.7 Å². The second-order valence-corrected chi connectivity index (χ2v) is 15.0. The summed E-state index contributed by atoms with van der Waals surface area (Å²) >= 11 is 0. The zero-order valence-electron chi connectivity index (χ0n) is 27.8. The maximum atomic E-state index is 12.6. The number of methoxy groups -OCH3 is 1. The third kappa shape index (κ3) is 7.19. The third-order valence-corrected chi connectivity index (χ3v) is 9.81. The highest BCUT2D eigenvalue weighted by Gasteiger charge is 2.58. The molecular formula is C33H58N2O7. The number of carbonyl (C=O) groups is 3. The van der Waals surface area contributed by atoms with Crippen LogP contribution in [0.3, 0.4) is 0 Å². The van der Waals surface area contributed by atoms with Crippen LogP contribution in [0.5, 0.6) is 0 Å². The van der Waals surface area contributed by atoms with Crippen molar-refractivity contribution in [3.8, 4) is 0 Å². The summed E-state index contributed by atoms with van der Waals surface area (Å²) in [5.41, 5.74) is -1.65. The van der Waals surface area contributed by atoms with Crippen LogP contribution in [0.25, 0.3) is 0 Å². The minimum Gasteiger partial charge on any atom is -0.469 e. The Morgan fingerprint density at radius 3 is 1.67 bits per heavy atom. The maximum Gasteiger partial charge on any atom is 0.410 e. The molecule has 9 heteroatoms. The average Bonchev–Trinajstić information content (AvgIpc) is 3.43. The molecule has 4 aliphatic heterocycles. The fourth-order valence-corrected chi connectivity index (χ4v) is 8.20. The third-order valence-electron chi connectivity index (χ3n) is 9.81. The van der Waals surface area contributed by atoms with Gasteiger partial charge in [-0.25, -0.2) is 9.59 Å². The fourth-order valence-electron chi connectivity index (χ4n) is 8.20. The second-order valence-electron chi connectivity index (χ2n) is 15.0. The van der Waals surface area contributed by atoms with Crippen molar-refractivity contribution in [3.63, 3.8) is 0 Å². The number of nitrogens with zero attached hydrogens (tertiary/aromatic N) is 2. The van der Waals surface area contributed by atoms with Crippen LogP contribution >= 0.6 is 0 Å². The largest absolute Gasteiger partial charge is 0.469 e. The number of rotatable bonds is 6. The Labute approximate surface area is 254 Å². The average molecular weight is 595 g/mol. The van der Waals surface area contributed by atoms with Crippen molar-refractivity contribution < 1.29 is 33.7 Å². The van der Waals surface area contributed by atoms with E-state index >= 15 is 0 Å². The monoisotopic (exact) mass is 594 g/mol. The van der Waals surface area contributed by atoms with E-state index in [1.807, 2.05) is 51.3 Å². The van der Waals surface area contributed by atoms with Crippen molar-refractivity contribution in [1.29, 1.82) is 0 Å². The molecule has 6 unspecified atom stereocenters.